The van der Waals surface area contributed by atoms with E-state index in [0.717, 1.165) is 23.7 Å². The summed E-state index contributed by atoms with van der Waals surface area (Å²) in [6.07, 6.45) is 2.87. The van der Waals surface area contributed by atoms with Gasteiger partial charge in [0.15, 0.2) is 0 Å². The van der Waals surface area contributed by atoms with Crippen LogP contribution in [0.15, 0.2) is 29.4 Å². The molecule has 1 aromatic heterocycles. The number of hydrogen-bond acceptors (Lipinski definition) is 3. The molecule has 1 aromatic rings. The minimum atomic E-state index is 0. The maximum Gasteiger partial charge on any atom is 0.0959 e. The third-order valence-electron chi connectivity index (χ3n) is 1.24. The van der Waals surface area contributed by atoms with Crippen LogP contribution in [0.1, 0.15) is 6.42 Å². The van der Waals surface area contributed by atoms with E-state index in [1.165, 1.54) is 0 Å². The minimum Gasteiger partial charge on any atom is -0.330 e. The highest BCUT2D eigenvalue weighted by atomic mass is 79.9. The van der Waals surface area contributed by atoms with Crippen LogP contribution in [-0.4, -0.2) is 17.3 Å². The average molecular weight is 330 g/mol. The number of aromatic nitrogens is 1. The fourth-order valence-electron chi connectivity index (χ4n) is 0.693. The van der Waals surface area contributed by atoms with Crippen LogP contribution in [0.2, 0.25) is 0 Å². The van der Waals surface area contributed by atoms with E-state index in [0.29, 0.717) is 0 Å². The number of rotatable bonds is 4. The molecule has 1 rings (SSSR count). The van der Waals surface area contributed by atoms with E-state index in [1.807, 2.05) is 24.4 Å². The Balaban J connectivity index is 0. The summed E-state index contributed by atoms with van der Waals surface area (Å²) < 4.78 is 0. The van der Waals surface area contributed by atoms with Gasteiger partial charge in [0.25, 0.3) is 0 Å². The van der Waals surface area contributed by atoms with Crippen LogP contribution in [0.3, 0.4) is 0 Å². The molecule has 1 heterocycles. The molecule has 0 spiro atoms. The van der Waals surface area contributed by atoms with Gasteiger partial charge in [-0.1, -0.05) is 6.07 Å². The molecule has 0 aliphatic carbocycles. The molecule has 0 unspecified atom stereocenters. The van der Waals surface area contributed by atoms with Crippen molar-refractivity contribution in [1.29, 1.82) is 0 Å². The molecule has 5 heteroatoms. The first-order chi connectivity index (χ1) is 5.43. The summed E-state index contributed by atoms with van der Waals surface area (Å²) in [5.74, 6) is 1.06. The lowest BCUT2D eigenvalue weighted by molar-refractivity contribution is 0.940. The molecule has 0 bridgehead atoms. The summed E-state index contributed by atoms with van der Waals surface area (Å²) in [6.45, 7) is 0.764. The van der Waals surface area contributed by atoms with Gasteiger partial charge in [-0.25, -0.2) is 4.98 Å². The average Bonchev–Trinajstić information content (AvgIpc) is 2.07. The second-order valence-corrected chi connectivity index (χ2v) is 3.27. The predicted octanol–water partition coefficient (Wildman–Crippen LogP) is 2.68. The van der Waals surface area contributed by atoms with E-state index in [1.54, 1.807) is 11.8 Å². The number of hydrogen-bond donors (Lipinski definition) is 1. The first kappa shape index (κ1) is 15.9. The zero-order chi connectivity index (χ0) is 7.94. The molecule has 0 aromatic carbocycles. The largest absolute Gasteiger partial charge is 0.330 e. The fourth-order valence-corrected chi connectivity index (χ4v) is 1.52. The van der Waals surface area contributed by atoms with Crippen LogP contribution < -0.4 is 5.73 Å². The van der Waals surface area contributed by atoms with Gasteiger partial charge in [-0.2, -0.15) is 0 Å². The first-order valence-corrected chi connectivity index (χ1v) is 4.66. The van der Waals surface area contributed by atoms with Gasteiger partial charge in [0.05, 0.1) is 5.03 Å². The Kier molecular flexibility index (Phi) is 12.8. The summed E-state index contributed by atoms with van der Waals surface area (Å²) in [6, 6.07) is 5.94. The summed E-state index contributed by atoms with van der Waals surface area (Å²) in [5.41, 5.74) is 5.36. The van der Waals surface area contributed by atoms with Crippen molar-refractivity contribution < 1.29 is 0 Å². The molecule has 0 atom stereocenters. The lowest BCUT2D eigenvalue weighted by Crippen LogP contribution is -1.99. The van der Waals surface area contributed by atoms with E-state index in [4.69, 9.17) is 5.73 Å². The summed E-state index contributed by atoms with van der Waals surface area (Å²) in [4.78, 5) is 4.17. The van der Waals surface area contributed by atoms with E-state index in [-0.39, 0.29) is 34.0 Å². The quantitative estimate of drug-likeness (QED) is 0.682. The normalized spacial score (nSPS) is 8.38. The number of nitrogens with zero attached hydrogens (tertiary/aromatic N) is 1. The molecular weight excluding hydrogens is 316 g/mol. The standard InChI is InChI=1S/C8H12N2S.2BrH/c9-5-3-7-11-8-4-1-2-6-10-8;;/h1-2,4,6H,3,5,7,9H2;2*1H. The number of halogens is 2. The van der Waals surface area contributed by atoms with E-state index in [9.17, 15) is 0 Å². The third-order valence-corrected chi connectivity index (χ3v) is 2.27. The minimum absolute atomic E-state index is 0. The zero-order valence-electron chi connectivity index (χ0n) is 7.18. The molecule has 0 saturated heterocycles. The Morgan fingerprint density at radius 2 is 2.08 bits per heavy atom. The van der Waals surface area contributed by atoms with E-state index < -0.39 is 0 Å². The van der Waals surface area contributed by atoms with Gasteiger partial charge < -0.3 is 5.73 Å². The van der Waals surface area contributed by atoms with Crippen LogP contribution in [0.25, 0.3) is 0 Å². The lowest BCUT2D eigenvalue weighted by atomic mass is 10.5. The molecule has 0 aliphatic heterocycles. The van der Waals surface area contributed by atoms with Crippen LogP contribution in [0.4, 0.5) is 0 Å². The van der Waals surface area contributed by atoms with Gasteiger partial charge in [-0.15, -0.1) is 45.7 Å². The molecule has 0 fully saturated rings. The molecule has 0 aliphatic rings. The van der Waals surface area contributed by atoms with Gasteiger partial charge in [0.1, 0.15) is 0 Å². The van der Waals surface area contributed by atoms with Crippen molar-refractivity contribution >= 4 is 45.7 Å². The molecule has 0 radical (unpaired) electrons. The SMILES string of the molecule is Br.Br.NCCCSc1ccccn1. The van der Waals surface area contributed by atoms with Gasteiger partial charge in [0.2, 0.25) is 0 Å². The maximum atomic E-state index is 5.36. The van der Waals surface area contributed by atoms with Crippen molar-refractivity contribution in [3.05, 3.63) is 24.4 Å². The second kappa shape index (κ2) is 10.5. The Morgan fingerprint density at radius 1 is 1.31 bits per heavy atom. The first-order valence-electron chi connectivity index (χ1n) is 3.67. The van der Waals surface area contributed by atoms with Crippen LogP contribution in [0, 0.1) is 0 Å². The van der Waals surface area contributed by atoms with Crippen molar-refractivity contribution in [3.8, 4) is 0 Å². The number of nitrogens with two attached hydrogens (primary N) is 1. The highest BCUT2D eigenvalue weighted by Gasteiger charge is 1.91. The molecule has 76 valence electrons. The summed E-state index contributed by atoms with van der Waals surface area (Å²) in [7, 11) is 0. The lowest BCUT2D eigenvalue weighted by Gasteiger charge is -1.96. The predicted molar refractivity (Wildman–Crippen MR) is 69.3 cm³/mol. The van der Waals surface area contributed by atoms with Gasteiger partial charge in [0, 0.05) is 11.9 Å². The molecule has 2 N–H and O–H groups in total. The van der Waals surface area contributed by atoms with Crippen molar-refractivity contribution in [1.82, 2.24) is 4.98 Å². The molecule has 13 heavy (non-hydrogen) atoms. The molecule has 0 saturated carbocycles. The maximum absolute atomic E-state index is 5.36. The fraction of sp³-hybridized carbons (Fsp3) is 0.375. The summed E-state index contributed by atoms with van der Waals surface area (Å²) >= 11 is 1.75. The topological polar surface area (TPSA) is 38.9 Å². The van der Waals surface area contributed by atoms with Gasteiger partial charge >= 0.3 is 0 Å². The van der Waals surface area contributed by atoms with E-state index >= 15 is 0 Å². The smallest absolute Gasteiger partial charge is 0.0959 e. The monoisotopic (exact) mass is 328 g/mol. The van der Waals surface area contributed by atoms with Crippen molar-refractivity contribution in [2.24, 2.45) is 5.73 Å². The van der Waals surface area contributed by atoms with Gasteiger partial charge in [-0.3, -0.25) is 0 Å². The number of thioether (sulfide) groups is 1. The third kappa shape index (κ3) is 7.49. The van der Waals surface area contributed by atoms with Crippen LogP contribution in [-0.2, 0) is 0 Å². The molecule has 0 amide bonds. The zero-order valence-corrected chi connectivity index (χ0v) is 11.4. The second-order valence-electron chi connectivity index (χ2n) is 2.16. The number of pyridine rings is 1. The van der Waals surface area contributed by atoms with Gasteiger partial charge in [-0.05, 0) is 25.1 Å². The van der Waals surface area contributed by atoms with E-state index in [2.05, 4.69) is 4.98 Å². The highest BCUT2D eigenvalue weighted by molar-refractivity contribution is 8.93. The Hall–Kier alpha value is 0.420. The van der Waals surface area contributed by atoms with Crippen LogP contribution in [0.5, 0.6) is 0 Å². The Labute approximate surface area is 104 Å². The van der Waals surface area contributed by atoms with Crippen molar-refractivity contribution in [2.45, 2.75) is 11.4 Å². The highest BCUT2D eigenvalue weighted by Crippen LogP contribution is 2.13. The molecule has 2 nitrogen and oxygen atoms in total. The van der Waals surface area contributed by atoms with Crippen molar-refractivity contribution in [3.63, 3.8) is 0 Å². The Morgan fingerprint density at radius 3 is 2.62 bits per heavy atom. The Bertz CT molecular complexity index is 197. The summed E-state index contributed by atoms with van der Waals surface area (Å²) in [5, 5.41) is 1.08. The molecular formula is C8H14Br2N2S. The van der Waals surface area contributed by atoms with Crippen molar-refractivity contribution in [2.75, 3.05) is 12.3 Å². The van der Waals surface area contributed by atoms with Crippen LogP contribution >= 0.6 is 45.7 Å².